The fourth-order valence-electron chi connectivity index (χ4n) is 2.51. The van der Waals surface area contributed by atoms with Crippen molar-refractivity contribution in [1.29, 1.82) is 0 Å². The Hall–Kier alpha value is -1.06. The summed E-state index contributed by atoms with van der Waals surface area (Å²) in [6.45, 7) is 5.56. The maximum atomic E-state index is 11.9. The van der Waals surface area contributed by atoms with Gasteiger partial charge in [0.15, 0.2) is 0 Å². The Kier molecular flexibility index (Phi) is 6.16. The van der Waals surface area contributed by atoms with Crippen molar-refractivity contribution in [3.05, 3.63) is 0 Å². The second-order valence-corrected chi connectivity index (χ2v) is 5.50. The monoisotopic (exact) mass is 254 g/mol. The van der Waals surface area contributed by atoms with Gasteiger partial charge in [-0.25, -0.2) is 0 Å². The molecule has 2 amide bonds. The molecular formula is C14H26N2O2. The Morgan fingerprint density at radius 3 is 2.17 bits per heavy atom. The lowest BCUT2D eigenvalue weighted by Gasteiger charge is -2.26. The van der Waals surface area contributed by atoms with Crippen molar-refractivity contribution in [2.24, 2.45) is 0 Å². The SMILES string of the molecule is CC(=O)N(CC(=O)NC1CCCCCC1)C(C)C. The first-order chi connectivity index (χ1) is 8.50. The molecule has 0 aromatic heterocycles. The van der Waals surface area contributed by atoms with E-state index in [0.29, 0.717) is 6.04 Å². The summed E-state index contributed by atoms with van der Waals surface area (Å²) in [6, 6.07) is 0.378. The van der Waals surface area contributed by atoms with E-state index in [0.717, 1.165) is 12.8 Å². The summed E-state index contributed by atoms with van der Waals surface area (Å²) in [5, 5.41) is 3.07. The number of carbonyl (C=O) groups excluding carboxylic acids is 2. The molecule has 0 saturated heterocycles. The van der Waals surface area contributed by atoms with Gasteiger partial charge in [0.25, 0.3) is 0 Å². The van der Waals surface area contributed by atoms with Crippen LogP contribution in [0.25, 0.3) is 0 Å². The Bertz CT molecular complexity index is 282. The van der Waals surface area contributed by atoms with Gasteiger partial charge in [-0.3, -0.25) is 9.59 Å². The van der Waals surface area contributed by atoms with E-state index in [-0.39, 0.29) is 24.4 Å². The quantitative estimate of drug-likeness (QED) is 0.781. The van der Waals surface area contributed by atoms with E-state index >= 15 is 0 Å². The standard InChI is InChI=1S/C14H26N2O2/c1-11(2)16(12(3)17)10-14(18)15-13-8-6-4-5-7-9-13/h11,13H,4-10H2,1-3H3,(H,15,18). The molecule has 0 aromatic rings. The summed E-state index contributed by atoms with van der Waals surface area (Å²) in [5.41, 5.74) is 0. The molecule has 18 heavy (non-hydrogen) atoms. The molecule has 1 saturated carbocycles. The Morgan fingerprint density at radius 2 is 1.72 bits per heavy atom. The summed E-state index contributed by atoms with van der Waals surface area (Å²) in [7, 11) is 0. The van der Waals surface area contributed by atoms with Gasteiger partial charge in [0.1, 0.15) is 0 Å². The molecule has 0 aromatic carbocycles. The molecular weight excluding hydrogens is 228 g/mol. The molecule has 4 nitrogen and oxygen atoms in total. The van der Waals surface area contributed by atoms with Crippen molar-refractivity contribution in [2.75, 3.05) is 6.54 Å². The Morgan fingerprint density at radius 1 is 1.17 bits per heavy atom. The maximum Gasteiger partial charge on any atom is 0.239 e. The van der Waals surface area contributed by atoms with E-state index in [4.69, 9.17) is 0 Å². The third-order valence-corrected chi connectivity index (χ3v) is 3.56. The lowest BCUT2D eigenvalue weighted by atomic mass is 10.1. The molecule has 1 fully saturated rings. The molecule has 0 bridgehead atoms. The van der Waals surface area contributed by atoms with Gasteiger partial charge in [-0.1, -0.05) is 25.7 Å². The number of nitrogens with zero attached hydrogens (tertiary/aromatic N) is 1. The predicted molar refractivity (Wildman–Crippen MR) is 72.2 cm³/mol. The second kappa shape index (κ2) is 7.39. The molecule has 1 aliphatic rings. The van der Waals surface area contributed by atoms with Crippen LogP contribution in [-0.4, -0.2) is 35.3 Å². The first-order valence-corrected chi connectivity index (χ1v) is 7.07. The maximum absolute atomic E-state index is 11.9. The van der Waals surface area contributed by atoms with E-state index in [1.807, 2.05) is 13.8 Å². The molecule has 1 N–H and O–H groups in total. The highest BCUT2D eigenvalue weighted by atomic mass is 16.2. The average Bonchev–Trinajstić information content (AvgIpc) is 2.53. The first-order valence-electron chi connectivity index (χ1n) is 7.07. The first kappa shape index (κ1) is 15.0. The van der Waals surface area contributed by atoms with Gasteiger partial charge in [0, 0.05) is 19.0 Å². The molecule has 104 valence electrons. The number of nitrogens with one attached hydrogen (secondary N) is 1. The van der Waals surface area contributed by atoms with E-state index in [2.05, 4.69) is 5.32 Å². The molecule has 0 radical (unpaired) electrons. The zero-order chi connectivity index (χ0) is 13.5. The molecule has 0 heterocycles. The van der Waals surface area contributed by atoms with Crippen LogP contribution in [0.2, 0.25) is 0 Å². The van der Waals surface area contributed by atoms with Gasteiger partial charge in [-0.15, -0.1) is 0 Å². The minimum absolute atomic E-state index is 0.0224. The van der Waals surface area contributed by atoms with Gasteiger partial charge in [0.2, 0.25) is 11.8 Å². The van der Waals surface area contributed by atoms with Crippen LogP contribution >= 0.6 is 0 Å². The largest absolute Gasteiger partial charge is 0.352 e. The highest BCUT2D eigenvalue weighted by molar-refractivity contribution is 5.84. The Balaban J connectivity index is 2.41. The van der Waals surface area contributed by atoms with Crippen molar-refractivity contribution in [3.63, 3.8) is 0 Å². The van der Waals surface area contributed by atoms with E-state index in [1.54, 1.807) is 4.90 Å². The lowest BCUT2D eigenvalue weighted by molar-refractivity contribution is -0.136. The lowest BCUT2D eigenvalue weighted by Crippen LogP contribution is -2.46. The van der Waals surface area contributed by atoms with Crippen LogP contribution < -0.4 is 5.32 Å². The van der Waals surface area contributed by atoms with Crippen LogP contribution in [0.3, 0.4) is 0 Å². The van der Waals surface area contributed by atoms with Crippen LogP contribution in [-0.2, 0) is 9.59 Å². The summed E-state index contributed by atoms with van der Waals surface area (Å²) in [5.74, 6) is -0.0631. The fraction of sp³-hybridized carbons (Fsp3) is 0.857. The summed E-state index contributed by atoms with van der Waals surface area (Å²) in [4.78, 5) is 25.0. The van der Waals surface area contributed by atoms with Crippen molar-refractivity contribution in [1.82, 2.24) is 10.2 Å². The molecule has 0 spiro atoms. The van der Waals surface area contributed by atoms with Crippen LogP contribution in [0.5, 0.6) is 0 Å². The van der Waals surface area contributed by atoms with Gasteiger partial charge >= 0.3 is 0 Å². The molecule has 4 heteroatoms. The van der Waals surface area contributed by atoms with Crippen LogP contribution in [0.15, 0.2) is 0 Å². The minimum atomic E-state index is -0.0407. The van der Waals surface area contributed by atoms with Crippen molar-refractivity contribution in [2.45, 2.75) is 71.4 Å². The van der Waals surface area contributed by atoms with Gasteiger partial charge < -0.3 is 10.2 Å². The van der Waals surface area contributed by atoms with Crippen molar-refractivity contribution >= 4 is 11.8 Å². The number of hydrogen-bond donors (Lipinski definition) is 1. The summed E-state index contributed by atoms with van der Waals surface area (Å²) in [6.07, 6.45) is 7.11. The molecule has 1 rings (SSSR count). The van der Waals surface area contributed by atoms with E-state index in [9.17, 15) is 9.59 Å². The number of carbonyl (C=O) groups is 2. The zero-order valence-corrected chi connectivity index (χ0v) is 11.9. The highest BCUT2D eigenvalue weighted by Crippen LogP contribution is 2.17. The van der Waals surface area contributed by atoms with Crippen molar-refractivity contribution < 1.29 is 9.59 Å². The molecule has 0 aliphatic heterocycles. The zero-order valence-electron chi connectivity index (χ0n) is 11.9. The third-order valence-electron chi connectivity index (χ3n) is 3.56. The average molecular weight is 254 g/mol. The van der Waals surface area contributed by atoms with Crippen LogP contribution in [0.4, 0.5) is 0 Å². The van der Waals surface area contributed by atoms with Gasteiger partial charge in [-0.05, 0) is 26.7 Å². The highest BCUT2D eigenvalue weighted by Gasteiger charge is 2.19. The normalized spacial score (nSPS) is 17.3. The van der Waals surface area contributed by atoms with Crippen LogP contribution in [0.1, 0.15) is 59.3 Å². The third kappa shape index (κ3) is 5.07. The molecule has 0 unspecified atom stereocenters. The fourth-order valence-corrected chi connectivity index (χ4v) is 2.51. The summed E-state index contributed by atoms with van der Waals surface area (Å²) < 4.78 is 0. The Labute approximate surface area is 110 Å². The number of hydrogen-bond acceptors (Lipinski definition) is 2. The number of rotatable bonds is 4. The smallest absolute Gasteiger partial charge is 0.239 e. The van der Waals surface area contributed by atoms with E-state index in [1.165, 1.54) is 32.6 Å². The molecule has 0 atom stereocenters. The molecule has 1 aliphatic carbocycles. The predicted octanol–water partition coefficient (Wildman–Crippen LogP) is 2.08. The minimum Gasteiger partial charge on any atom is -0.352 e. The van der Waals surface area contributed by atoms with Crippen molar-refractivity contribution in [3.8, 4) is 0 Å². The second-order valence-electron chi connectivity index (χ2n) is 5.50. The van der Waals surface area contributed by atoms with E-state index < -0.39 is 0 Å². The van der Waals surface area contributed by atoms with Gasteiger partial charge in [-0.2, -0.15) is 0 Å². The van der Waals surface area contributed by atoms with Gasteiger partial charge in [0.05, 0.1) is 6.54 Å². The topological polar surface area (TPSA) is 49.4 Å². The van der Waals surface area contributed by atoms with Crippen LogP contribution in [0, 0.1) is 0 Å². The summed E-state index contributed by atoms with van der Waals surface area (Å²) >= 11 is 0. The number of amides is 2.